The van der Waals surface area contributed by atoms with Crippen LogP contribution in [0.2, 0.25) is 0 Å². The fraction of sp³-hybridized carbons (Fsp3) is 0.172. The number of rotatable bonds is 0. The summed E-state index contributed by atoms with van der Waals surface area (Å²) in [7, 11) is 0. The minimum absolute atomic E-state index is 0.0180. The first kappa shape index (κ1) is 20.2. The summed E-state index contributed by atoms with van der Waals surface area (Å²) in [5.41, 5.74) is 3.86. The van der Waals surface area contributed by atoms with E-state index in [-0.39, 0.29) is 52.8 Å². The fourth-order valence-electron chi connectivity index (χ4n) is 6.96. The number of allylic oxidation sites excluding steroid dienone is 3. The van der Waals surface area contributed by atoms with E-state index in [1.807, 2.05) is 6.07 Å². The number of benzene rings is 3. The van der Waals surface area contributed by atoms with Crippen LogP contribution in [0.5, 0.6) is 17.2 Å². The van der Waals surface area contributed by atoms with Crippen LogP contribution in [0.15, 0.2) is 60.7 Å². The molecule has 0 aromatic heterocycles. The van der Waals surface area contributed by atoms with Crippen molar-refractivity contribution in [1.29, 1.82) is 0 Å². The quantitative estimate of drug-likeness (QED) is 0.392. The number of phenolic OH excluding ortho intramolecular Hbond substituents is 3. The first-order valence-electron chi connectivity index (χ1n) is 11.5. The Morgan fingerprint density at radius 2 is 1.40 bits per heavy atom. The van der Waals surface area contributed by atoms with Gasteiger partial charge in [-0.2, -0.15) is 0 Å². The molecule has 0 saturated carbocycles. The lowest BCUT2D eigenvalue weighted by atomic mass is 9.56. The molecular weight excluding hydrogens is 444 g/mol. The number of fused-ring (bicyclic) bond motifs is 3. The van der Waals surface area contributed by atoms with E-state index in [0.717, 1.165) is 16.7 Å². The minimum atomic E-state index is -1.02. The third-order valence-electron chi connectivity index (χ3n) is 8.13. The van der Waals surface area contributed by atoms with Gasteiger partial charge in [-0.1, -0.05) is 42.5 Å². The second-order valence-electron chi connectivity index (χ2n) is 9.67. The molecule has 0 heterocycles. The van der Waals surface area contributed by atoms with Gasteiger partial charge in [-0.05, 0) is 57.5 Å². The van der Waals surface area contributed by atoms with E-state index in [4.69, 9.17) is 0 Å². The molecule has 4 N–H and O–H groups in total. The highest BCUT2D eigenvalue weighted by molar-refractivity contribution is 6.18. The van der Waals surface area contributed by atoms with Gasteiger partial charge in [0, 0.05) is 18.4 Å². The Morgan fingerprint density at radius 3 is 2.17 bits per heavy atom. The molecule has 3 atom stereocenters. The molecule has 172 valence electrons. The molecule has 0 radical (unpaired) electrons. The third kappa shape index (κ3) is 2.23. The predicted molar refractivity (Wildman–Crippen MR) is 127 cm³/mol. The second-order valence-corrected chi connectivity index (χ2v) is 9.67. The largest absolute Gasteiger partial charge is 0.508 e. The van der Waals surface area contributed by atoms with Crippen molar-refractivity contribution in [3.63, 3.8) is 0 Å². The summed E-state index contributed by atoms with van der Waals surface area (Å²) in [6.07, 6.45) is 2.41. The highest BCUT2D eigenvalue weighted by Gasteiger charge is 2.59. The van der Waals surface area contributed by atoms with Gasteiger partial charge in [0.2, 0.25) is 0 Å². The molecule has 3 aromatic carbocycles. The SMILES string of the molecule is O=C1CC2CC(=O)c3c(O)cccc3C23C(=C2C=CC(O)c4c(O)ccc3c42)c2cccc(O)c21. The number of aromatic hydroxyl groups is 3. The van der Waals surface area contributed by atoms with Crippen LogP contribution in [0.1, 0.15) is 67.5 Å². The van der Waals surface area contributed by atoms with Crippen molar-refractivity contribution in [3.05, 3.63) is 99.6 Å². The average molecular weight is 464 g/mol. The molecule has 3 unspecified atom stereocenters. The maximum absolute atomic E-state index is 13.5. The molecule has 0 amide bonds. The molecule has 0 aliphatic heterocycles. The summed E-state index contributed by atoms with van der Waals surface area (Å²) in [6.45, 7) is 0. The fourth-order valence-corrected chi connectivity index (χ4v) is 6.96. The standard InChI is InChI=1S/C29H20O6/c30-18-5-1-3-14-25(18)22(34)11-13-12-23(35)26-16(4-2-6-19(26)31)29(13)17-8-10-21(33)27-20(32)9-7-15(24(17)27)28(14)29/h1-10,13,20,30-33H,11-12H2. The topological polar surface area (TPSA) is 115 Å². The molecule has 6 nitrogen and oxygen atoms in total. The molecule has 0 fully saturated rings. The number of Topliss-reactive ketones (excluding diaryl/α,β-unsaturated/α-hetero) is 2. The first-order chi connectivity index (χ1) is 16.9. The molecule has 4 aliphatic rings. The molecule has 6 heteroatoms. The van der Waals surface area contributed by atoms with Crippen molar-refractivity contribution in [2.75, 3.05) is 0 Å². The van der Waals surface area contributed by atoms with Crippen LogP contribution >= 0.6 is 0 Å². The van der Waals surface area contributed by atoms with Crippen molar-refractivity contribution < 1.29 is 30.0 Å². The summed E-state index contributed by atoms with van der Waals surface area (Å²) in [5.74, 6) is -1.27. The highest BCUT2D eigenvalue weighted by atomic mass is 16.3. The number of phenols is 3. The van der Waals surface area contributed by atoms with Gasteiger partial charge in [0.05, 0.1) is 16.5 Å². The molecule has 4 aliphatic carbocycles. The number of aliphatic hydroxyl groups excluding tert-OH is 1. The first-order valence-corrected chi connectivity index (χ1v) is 11.5. The maximum atomic E-state index is 13.5. The van der Waals surface area contributed by atoms with Gasteiger partial charge in [0.1, 0.15) is 23.4 Å². The van der Waals surface area contributed by atoms with Crippen LogP contribution in [0.3, 0.4) is 0 Å². The summed E-state index contributed by atoms with van der Waals surface area (Å²) >= 11 is 0. The molecule has 0 saturated heterocycles. The van der Waals surface area contributed by atoms with Gasteiger partial charge < -0.3 is 20.4 Å². The molecule has 3 aromatic rings. The van der Waals surface area contributed by atoms with E-state index in [9.17, 15) is 30.0 Å². The highest BCUT2D eigenvalue weighted by Crippen LogP contribution is 2.66. The maximum Gasteiger partial charge on any atom is 0.167 e. The Balaban J connectivity index is 1.75. The van der Waals surface area contributed by atoms with Crippen LogP contribution < -0.4 is 0 Å². The normalized spacial score (nSPS) is 25.4. The predicted octanol–water partition coefficient (Wildman–Crippen LogP) is 4.41. The zero-order valence-corrected chi connectivity index (χ0v) is 18.4. The van der Waals surface area contributed by atoms with Crippen LogP contribution in [0, 0.1) is 5.92 Å². The van der Waals surface area contributed by atoms with E-state index in [0.29, 0.717) is 22.3 Å². The second kappa shape index (κ2) is 6.49. The van der Waals surface area contributed by atoms with E-state index < -0.39 is 17.4 Å². The van der Waals surface area contributed by atoms with Crippen LogP contribution in [-0.4, -0.2) is 32.0 Å². The summed E-state index contributed by atoms with van der Waals surface area (Å²) in [4.78, 5) is 26.9. The van der Waals surface area contributed by atoms with E-state index in [2.05, 4.69) is 0 Å². The lowest BCUT2D eigenvalue weighted by molar-refractivity contribution is 0.0884. The lowest BCUT2D eigenvalue weighted by Gasteiger charge is -2.44. The Kier molecular flexibility index (Phi) is 3.75. The van der Waals surface area contributed by atoms with Crippen LogP contribution in [0.25, 0.3) is 11.1 Å². The van der Waals surface area contributed by atoms with Crippen molar-refractivity contribution in [2.24, 2.45) is 5.92 Å². The van der Waals surface area contributed by atoms with Crippen molar-refractivity contribution in [1.82, 2.24) is 0 Å². The van der Waals surface area contributed by atoms with Gasteiger partial charge in [-0.3, -0.25) is 9.59 Å². The number of ketones is 2. The Bertz CT molecular complexity index is 1590. The zero-order chi connectivity index (χ0) is 24.2. The average Bonchev–Trinajstić information content (AvgIpc) is 3.05. The van der Waals surface area contributed by atoms with E-state index in [1.54, 1.807) is 36.4 Å². The third-order valence-corrected chi connectivity index (χ3v) is 8.13. The van der Waals surface area contributed by atoms with Gasteiger partial charge in [-0.15, -0.1) is 0 Å². The van der Waals surface area contributed by atoms with Crippen molar-refractivity contribution >= 4 is 22.7 Å². The lowest BCUT2D eigenvalue weighted by Crippen LogP contribution is -2.42. The van der Waals surface area contributed by atoms with Gasteiger partial charge in [0.25, 0.3) is 0 Å². The molecular formula is C29H20O6. The van der Waals surface area contributed by atoms with E-state index >= 15 is 0 Å². The zero-order valence-electron chi connectivity index (χ0n) is 18.4. The monoisotopic (exact) mass is 464 g/mol. The Morgan fingerprint density at radius 1 is 0.743 bits per heavy atom. The smallest absolute Gasteiger partial charge is 0.167 e. The van der Waals surface area contributed by atoms with Crippen LogP contribution in [-0.2, 0) is 5.41 Å². The van der Waals surface area contributed by atoms with Crippen LogP contribution in [0.4, 0.5) is 0 Å². The van der Waals surface area contributed by atoms with Crippen molar-refractivity contribution in [2.45, 2.75) is 24.4 Å². The Hall–Kier alpha value is -4.16. The summed E-state index contributed by atoms with van der Waals surface area (Å²) < 4.78 is 0. The number of hydrogen-bond donors (Lipinski definition) is 4. The molecule has 1 spiro atoms. The molecule has 35 heavy (non-hydrogen) atoms. The van der Waals surface area contributed by atoms with Crippen molar-refractivity contribution in [3.8, 4) is 17.2 Å². The van der Waals surface area contributed by atoms with Gasteiger partial charge in [0.15, 0.2) is 11.6 Å². The summed E-state index contributed by atoms with van der Waals surface area (Å²) in [6, 6.07) is 13.3. The minimum Gasteiger partial charge on any atom is -0.508 e. The Labute approximate surface area is 200 Å². The van der Waals surface area contributed by atoms with E-state index in [1.165, 1.54) is 18.2 Å². The number of carbonyl (C=O) groups is 2. The van der Waals surface area contributed by atoms with Gasteiger partial charge in [-0.25, -0.2) is 0 Å². The number of aliphatic hydroxyl groups is 1. The number of hydrogen-bond acceptors (Lipinski definition) is 6. The van der Waals surface area contributed by atoms with Gasteiger partial charge >= 0.3 is 0 Å². The number of carbonyl (C=O) groups excluding carboxylic acids is 2. The summed E-state index contributed by atoms with van der Waals surface area (Å²) in [5, 5.41) is 43.1. The molecule has 7 rings (SSSR count). The molecule has 0 bridgehead atoms.